The number of hydrogen-bond donors (Lipinski definition) is 1. The highest BCUT2D eigenvalue weighted by molar-refractivity contribution is 6.09. The van der Waals surface area contributed by atoms with E-state index in [4.69, 9.17) is 5.11 Å². The number of carboxylic acids is 1. The van der Waals surface area contributed by atoms with E-state index in [1.54, 1.807) is 29.3 Å². The number of fused-ring (bicyclic) bond motifs is 6. The lowest BCUT2D eigenvalue weighted by Crippen LogP contribution is -2.19. The topological polar surface area (TPSA) is 54.4 Å². The normalized spacial score (nSPS) is 16.6. The van der Waals surface area contributed by atoms with Crippen LogP contribution >= 0.6 is 0 Å². The summed E-state index contributed by atoms with van der Waals surface area (Å²) in [5, 5.41) is 14.3. The molecule has 0 amide bonds. The lowest BCUT2D eigenvalue weighted by Gasteiger charge is -2.18. The number of aryl methyl sites for hydroxylation is 2. The third-order valence-corrected chi connectivity index (χ3v) is 6.72. The highest BCUT2D eigenvalue weighted by Gasteiger charge is 2.24. The Hall–Kier alpha value is -3.72. The van der Waals surface area contributed by atoms with Crippen LogP contribution < -0.4 is 0 Å². The van der Waals surface area contributed by atoms with Crippen molar-refractivity contribution in [3.05, 3.63) is 101 Å². The van der Waals surface area contributed by atoms with Crippen molar-refractivity contribution < 1.29 is 14.7 Å². The fraction of sp³-hybridized carbons (Fsp3) is 0.200. The van der Waals surface area contributed by atoms with Crippen LogP contribution in [0.2, 0.25) is 0 Å². The molecule has 164 valence electrons. The van der Waals surface area contributed by atoms with Crippen LogP contribution in [0.4, 0.5) is 0 Å². The molecule has 6 rings (SSSR count). The Bertz CT molecular complexity index is 1400. The molecular formula is C30H26O3. The lowest BCUT2D eigenvalue weighted by molar-refractivity contribution is -0.137. The Morgan fingerprint density at radius 2 is 1.58 bits per heavy atom. The number of ketones is 1. The first-order valence-electron chi connectivity index (χ1n) is 11.6. The van der Waals surface area contributed by atoms with Gasteiger partial charge in [0.15, 0.2) is 5.78 Å². The molecule has 3 nitrogen and oxygen atoms in total. The summed E-state index contributed by atoms with van der Waals surface area (Å²) in [6, 6.07) is 25.2. The molecule has 0 spiro atoms. The molecule has 1 N–H and O–H groups in total. The Morgan fingerprint density at radius 1 is 0.818 bits per heavy atom. The number of benzene rings is 4. The van der Waals surface area contributed by atoms with Crippen molar-refractivity contribution in [2.75, 3.05) is 0 Å². The van der Waals surface area contributed by atoms with E-state index in [0.717, 1.165) is 5.56 Å². The predicted molar refractivity (Wildman–Crippen MR) is 134 cm³/mol. The number of hydrogen-bond acceptors (Lipinski definition) is 2. The third kappa shape index (κ3) is 4.19. The van der Waals surface area contributed by atoms with E-state index in [1.807, 2.05) is 18.2 Å². The zero-order chi connectivity index (χ0) is 22.8. The van der Waals surface area contributed by atoms with Gasteiger partial charge < -0.3 is 5.11 Å². The van der Waals surface area contributed by atoms with Gasteiger partial charge in [0.25, 0.3) is 0 Å². The van der Waals surface area contributed by atoms with Crippen LogP contribution in [-0.2, 0) is 17.6 Å². The van der Waals surface area contributed by atoms with E-state index in [0.29, 0.717) is 5.56 Å². The number of allylic oxidation sites excluding steroid dienone is 1. The minimum Gasteiger partial charge on any atom is -0.481 e. The molecule has 0 radical (unpaired) electrons. The maximum atomic E-state index is 11.8. The molecule has 4 aromatic rings. The number of carbonyl (C=O) groups excluding carboxylic acids is 1. The molecule has 0 fully saturated rings. The first-order chi connectivity index (χ1) is 16.1. The summed E-state index contributed by atoms with van der Waals surface area (Å²) >= 11 is 0. The number of aliphatic carboxylic acids is 1. The van der Waals surface area contributed by atoms with Gasteiger partial charge in [0.2, 0.25) is 0 Å². The van der Waals surface area contributed by atoms with E-state index < -0.39 is 11.9 Å². The standard InChI is InChI=1S/C18H16.C12H10O3/c1-3-7-15-13(5-1)9-11-18-16-8-4-2-6-14(16)10-12-17(15)18;13-11(14)7-9-6-5-8-3-1-2-4-10(8)12(9)15/h1,3,5,7,9-12H,2,4,6,8H2;1-6,9H,7H2,(H,13,14). The summed E-state index contributed by atoms with van der Waals surface area (Å²) in [7, 11) is 0. The first kappa shape index (κ1) is 21.1. The molecule has 0 heterocycles. The molecule has 1 unspecified atom stereocenters. The molecule has 2 aliphatic rings. The Kier molecular flexibility index (Phi) is 5.78. The van der Waals surface area contributed by atoms with E-state index >= 15 is 0 Å². The summed E-state index contributed by atoms with van der Waals surface area (Å²) in [6.07, 6.45) is 8.56. The summed E-state index contributed by atoms with van der Waals surface area (Å²) < 4.78 is 0. The molecule has 4 aromatic carbocycles. The Morgan fingerprint density at radius 3 is 2.45 bits per heavy atom. The van der Waals surface area contributed by atoms with Crippen LogP contribution in [0, 0.1) is 5.92 Å². The van der Waals surface area contributed by atoms with E-state index in [1.165, 1.54) is 47.2 Å². The molecule has 0 aromatic heterocycles. The van der Waals surface area contributed by atoms with Crippen molar-refractivity contribution in [2.24, 2.45) is 5.92 Å². The van der Waals surface area contributed by atoms with Crippen molar-refractivity contribution >= 4 is 39.4 Å². The second kappa shape index (κ2) is 9.03. The molecule has 0 aliphatic heterocycles. The monoisotopic (exact) mass is 434 g/mol. The zero-order valence-electron chi connectivity index (χ0n) is 18.5. The van der Waals surface area contributed by atoms with Gasteiger partial charge in [0.1, 0.15) is 0 Å². The Balaban J connectivity index is 0.000000141. The molecule has 0 saturated heterocycles. The van der Waals surface area contributed by atoms with E-state index in [2.05, 4.69) is 48.5 Å². The Labute approximate surface area is 193 Å². The SMILES string of the molecule is O=C(O)CC1C=Cc2ccccc2C1=O.c1ccc2c(c1)ccc1c3c(ccc12)CCCC3. The largest absolute Gasteiger partial charge is 0.481 e. The summed E-state index contributed by atoms with van der Waals surface area (Å²) in [5.41, 5.74) is 4.66. The van der Waals surface area contributed by atoms with Crippen molar-refractivity contribution in [1.82, 2.24) is 0 Å². The van der Waals surface area contributed by atoms with Gasteiger partial charge in [-0.1, -0.05) is 84.9 Å². The highest BCUT2D eigenvalue weighted by Crippen LogP contribution is 2.33. The molecule has 0 bridgehead atoms. The van der Waals surface area contributed by atoms with Crippen LogP contribution in [0.15, 0.2) is 78.9 Å². The van der Waals surface area contributed by atoms with Crippen LogP contribution in [0.25, 0.3) is 27.6 Å². The second-order valence-corrected chi connectivity index (χ2v) is 8.81. The average Bonchev–Trinajstić information content (AvgIpc) is 2.86. The molecule has 0 saturated carbocycles. The molecule has 1 atom stereocenters. The number of carbonyl (C=O) groups is 2. The maximum absolute atomic E-state index is 11.8. The third-order valence-electron chi connectivity index (χ3n) is 6.72. The molecule has 33 heavy (non-hydrogen) atoms. The first-order valence-corrected chi connectivity index (χ1v) is 11.6. The smallest absolute Gasteiger partial charge is 0.304 e. The van der Waals surface area contributed by atoms with E-state index in [-0.39, 0.29) is 12.2 Å². The van der Waals surface area contributed by atoms with Crippen LogP contribution in [-0.4, -0.2) is 16.9 Å². The molecule has 2 aliphatic carbocycles. The quantitative estimate of drug-likeness (QED) is 0.351. The average molecular weight is 435 g/mol. The van der Waals surface area contributed by atoms with Crippen LogP contribution in [0.3, 0.4) is 0 Å². The number of rotatable bonds is 2. The second-order valence-electron chi connectivity index (χ2n) is 8.81. The minimum atomic E-state index is -0.947. The zero-order valence-corrected chi connectivity index (χ0v) is 18.5. The van der Waals surface area contributed by atoms with Crippen molar-refractivity contribution in [2.45, 2.75) is 32.1 Å². The fourth-order valence-electron chi connectivity index (χ4n) is 5.07. The number of carboxylic acid groups (broad SMARTS) is 1. The van der Waals surface area contributed by atoms with Gasteiger partial charge in [-0.05, 0) is 63.9 Å². The van der Waals surface area contributed by atoms with Gasteiger partial charge in [0, 0.05) is 5.56 Å². The molecule has 3 heteroatoms. The van der Waals surface area contributed by atoms with Gasteiger partial charge in [-0.3, -0.25) is 9.59 Å². The van der Waals surface area contributed by atoms with Gasteiger partial charge in [0.05, 0.1) is 12.3 Å². The van der Waals surface area contributed by atoms with Gasteiger partial charge >= 0.3 is 5.97 Å². The van der Waals surface area contributed by atoms with Crippen molar-refractivity contribution in [3.8, 4) is 0 Å². The van der Waals surface area contributed by atoms with Gasteiger partial charge in [-0.15, -0.1) is 0 Å². The highest BCUT2D eigenvalue weighted by atomic mass is 16.4. The summed E-state index contributed by atoms with van der Waals surface area (Å²) in [6.45, 7) is 0. The fourth-order valence-corrected chi connectivity index (χ4v) is 5.07. The van der Waals surface area contributed by atoms with Gasteiger partial charge in [-0.2, -0.15) is 0 Å². The van der Waals surface area contributed by atoms with Gasteiger partial charge in [-0.25, -0.2) is 0 Å². The van der Waals surface area contributed by atoms with Crippen LogP contribution in [0.1, 0.15) is 46.3 Å². The molecular weight excluding hydrogens is 408 g/mol. The predicted octanol–water partition coefficient (Wildman–Crippen LogP) is 6.86. The number of Topliss-reactive ketones (excluding diaryl/α,β-unsaturated/α-hetero) is 1. The van der Waals surface area contributed by atoms with Crippen LogP contribution in [0.5, 0.6) is 0 Å². The summed E-state index contributed by atoms with van der Waals surface area (Å²) in [5.74, 6) is -1.56. The summed E-state index contributed by atoms with van der Waals surface area (Å²) in [4.78, 5) is 22.4. The lowest BCUT2D eigenvalue weighted by atomic mass is 9.86. The maximum Gasteiger partial charge on any atom is 0.304 e. The van der Waals surface area contributed by atoms with Crippen molar-refractivity contribution in [3.63, 3.8) is 0 Å². The minimum absolute atomic E-state index is 0.101. The van der Waals surface area contributed by atoms with Crippen molar-refractivity contribution in [1.29, 1.82) is 0 Å². The van der Waals surface area contributed by atoms with E-state index in [9.17, 15) is 9.59 Å².